The van der Waals surface area contributed by atoms with E-state index in [-0.39, 0.29) is 24.1 Å². The maximum atomic E-state index is 13.5. The second-order valence-electron chi connectivity index (χ2n) is 8.30. The third-order valence-corrected chi connectivity index (χ3v) is 6.70. The molecule has 0 N–H and O–H groups in total. The van der Waals surface area contributed by atoms with E-state index in [0.29, 0.717) is 31.5 Å². The third-order valence-electron chi connectivity index (χ3n) is 6.70. The molecule has 0 aliphatic carbocycles. The van der Waals surface area contributed by atoms with E-state index in [2.05, 4.69) is 0 Å². The van der Waals surface area contributed by atoms with Gasteiger partial charge >= 0.3 is 0 Å². The highest BCUT2D eigenvalue weighted by molar-refractivity contribution is 5.95. The average Bonchev–Trinajstić information content (AvgIpc) is 3.32. The molecule has 5 rings (SSSR count). The quantitative estimate of drug-likeness (QED) is 0.784. The number of carbonyl (C=O) groups excluding carboxylic acids is 2. The lowest BCUT2D eigenvalue weighted by Gasteiger charge is -2.37. The first kappa shape index (κ1) is 19.1. The fourth-order valence-electron chi connectivity index (χ4n) is 5.03. The van der Waals surface area contributed by atoms with Crippen LogP contribution in [-0.2, 0) is 9.53 Å². The van der Waals surface area contributed by atoms with E-state index >= 15 is 0 Å². The molecule has 2 unspecified atom stereocenters. The second kappa shape index (κ2) is 7.43. The van der Waals surface area contributed by atoms with Crippen LogP contribution in [-0.4, -0.2) is 53.6 Å². The van der Waals surface area contributed by atoms with Crippen LogP contribution in [0.25, 0.3) is 0 Å². The van der Waals surface area contributed by atoms with Crippen molar-refractivity contribution < 1.29 is 19.1 Å². The van der Waals surface area contributed by atoms with E-state index < -0.39 is 5.60 Å². The monoisotopic (exact) mass is 406 g/mol. The van der Waals surface area contributed by atoms with Crippen molar-refractivity contribution in [2.45, 2.75) is 43.6 Å². The van der Waals surface area contributed by atoms with Crippen molar-refractivity contribution in [3.8, 4) is 5.75 Å². The van der Waals surface area contributed by atoms with Gasteiger partial charge < -0.3 is 19.3 Å². The lowest BCUT2D eigenvalue weighted by atomic mass is 9.89. The number of likely N-dealkylation sites (tertiary alicyclic amines) is 1. The van der Waals surface area contributed by atoms with Crippen molar-refractivity contribution in [2.75, 3.05) is 20.2 Å². The lowest BCUT2D eigenvalue weighted by molar-refractivity contribution is -0.142. The summed E-state index contributed by atoms with van der Waals surface area (Å²) in [4.78, 5) is 30.0. The number of carbonyl (C=O) groups is 2. The molecule has 156 valence electrons. The number of benzene rings is 2. The van der Waals surface area contributed by atoms with Crippen molar-refractivity contribution in [3.63, 3.8) is 0 Å². The first-order valence-corrected chi connectivity index (χ1v) is 10.6. The number of fused-ring (bicyclic) bond motifs is 1. The predicted molar refractivity (Wildman–Crippen MR) is 111 cm³/mol. The lowest BCUT2D eigenvalue weighted by Crippen LogP contribution is -2.51. The Morgan fingerprint density at radius 2 is 1.73 bits per heavy atom. The van der Waals surface area contributed by atoms with E-state index in [9.17, 15) is 9.59 Å². The van der Waals surface area contributed by atoms with Gasteiger partial charge in [0.1, 0.15) is 12.0 Å². The number of nitrogens with zero attached hydrogens (tertiary/aromatic N) is 2. The molecule has 3 saturated heterocycles. The van der Waals surface area contributed by atoms with Gasteiger partial charge in [-0.1, -0.05) is 30.3 Å². The Morgan fingerprint density at radius 3 is 2.40 bits per heavy atom. The molecule has 2 aromatic rings. The van der Waals surface area contributed by atoms with E-state index in [1.165, 1.54) is 0 Å². The van der Waals surface area contributed by atoms with Crippen molar-refractivity contribution >= 4 is 11.8 Å². The fraction of sp³-hybridized carbons (Fsp3) is 0.417. The molecule has 3 fully saturated rings. The highest BCUT2D eigenvalue weighted by atomic mass is 16.6. The molecular weight excluding hydrogens is 380 g/mol. The topological polar surface area (TPSA) is 59.1 Å². The van der Waals surface area contributed by atoms with E-state index in [1.54, 1.807) is 7.11 Å². The first-order chi connectivity index (χ1) is 14.6. The van der Waals surface area contributed by atoms with Crippen LogP contribution < -0.4 is 4.74 Å². The van der Waals surface area contributed by atoms with Crippen LogP contribution in [0.5, 0.6) is 5.75 Å². The molecule has 0 radical (unpaired) electrons. The summed E-state index contributed by atoms with van der Waals surface area (Å²) in [6.45, 7) is 1.07. The van der Waals surface area contributed by atoms with Gasteiger partial charge in [0.05, 0.1) is 13.2 Å². The van der Waals surface area contributed by atoms with Crippen LogP contribution in [0.2, 0.25) is 0 Å². The SMILES string of the molecule is COc1ccc(C2CCC3OC4(CCN(C(=O)c5ccccc5)CC4)C(=O)N32)cc1. The molecule has 6 nitrogen and oxygen atoms in total. The fourth-order valence-corrected chi connectivity index (χ4v) is 5.03. The molecular formula is C24H26N2O4. The van der Waals surface area contributed by atoms with Gasteiger partial charge in [0.15, 0.2) is 5.60 Å². The van der Waals surface area contributed by atoms with Gasteiger partial charge in [0, 0.05) is 31.5 Å². The summed E-state index contributed by atoms with van der Waals surface area (Å²) in [5.74, 6) is 0.911. The zero-order chi connectivity index (χ0) is 20.7. The Morgan fingerprint density at radius 1 is 1.03 bits per heavy atom. The largest absolute Gasteiger partial charge is 0.497 e. The number of hydrogen-bond donors (Lipinski definition) is 0. The van der Waals surface area contributed by atoms with Crippen LogP contribution in [0.15, 0.2) is 54.6 Å². The maximum absolute atomic E-state index is 13.5. The zero-order valence-electron chi connectivity index (χ0n) is 17.1. The second-order valence-corrected chi connectivity index (χ2v) is 8.30. The average molecular weight is 406 g/mol. The Hall–Kier alpha value is -2.86. The van der Waals surface area contributed by atoms with Crippen LogP contribution >= 0.6 is 0 Å². The summed E-state index contributed by atoms with van der Waals surface area (Å²) in [7, 11) is 1.65. The molecule has 6 heteroatoms. The van der Waals surface area contributed by atoms with Gasteiger partial charge in [-0.2, -0.15) is 0 Å². The summed E-state index contributed by atoms with van der Waals surface area (Å²) in [6, 6.07) is 17.3. The molecule has 0 aromatic heterocycles. The standard InChI is InChI=1S/C24H26N2O4/c1-29-19-9-7-17(8-10-19)20-11-12-21-26(20)23(28)24(30-21)13-15-25(16-14-24)22(27)18-5-3-2-4-6-18/h2-10,20-21H,11-16H2,1H3. The van der Waals surface area contributed by atoms with Crippen LogP contribution in [0.4, 0.5) is 0 Å². The predicted octanol–water partition coefficient (Wildman–Crippen LogP) is 3.39. The Labute approximate surface area is 176 Å². The van der Waals surface area contributed by atoms with Crippen molar-refractivity contribution in [1.82, 2.24) is 9.80 Å². The summed E-state index contributed by atoms with van der Waals surface area (Å²) in [5, 5.41) is 0. The first-order valence-electron chi connectivity index (χ1n) is 10.6. The number of methoxy groups -OCH3 is 1. The van der Waals surface area contributed by atoms with Gasteiger partial charge in [-0.25, -0.2) is 0 Å². The number of piperidine rings is 1. The Balaban J connectivity index is 1.29. The van der Waals surface area contributed by atoms with Gasteiger partial charge in [-0.05, 0) is 42.7 Å². The van der Waals surface area contributed by atoms with Crippen molar-refractivity contribution in [1.29, 1.82) is 0 Å². The van der Waals surface area contributed by atoms with E-state index in [4.69, 9.17) is 9.47 Å². The summed E-state index contributed by atoms with van der Waals surface area (Å²) in [5.41, 5.74) is 1.01. The molecule has 2 amide bonds. The molecule has 0 saturated carbocycles. The number of ether oxygens (including phenoxy) is 2. The zero-order valence-corrected chi connectivity index (χ0v) is 17.1. The summed E-state index contributed by atoms with van der Waals surface area (Å²) < 4.78 is 11.6. The molecule has 1 spiro atoms. The highest BCUT2D eigenvalue weighted by Crippen LogP contribution is 2.47. The normalized spacial score (nSPS) is 24.9. The third kappa shape index (κ3) is 3.06. The van der Waals surface area contributed by atoms with E-state index in [0.717, 1.165) is 24.2 Å². The van der Waals surface area contributed by atoms with Crippen molar-refractivity contribution in [2.24, 2.45) is 0 Å². The van der Waals surface area contributed by atoms with Crippen LogP contribution in [0.3, 0.4) is 0 Å². The van der Waals surface area contributed by atoms with Crippen molar-refractivity contribution in [3.05, 3.63) is 65.7 Å². The maximum Gasteiger partial charge on any atom is 0.257 e. The van der Waals surface area contributed by atoms with Crippen LogP contribution in [0, 0.1) is 0 Å². The molecule has 3 aliphatic heterocycles. The molecule has 2 atom stereocenters. The summed E-state index contributed by atoms with van der Waals surface area (Å²) in [6.07, 6.45) is 2.68. The van der Waals surface area contributed by atoms with Gasteiger partial charge in [-0.15, -0.1) is 0 Å². The minimum Gasteiger partial charge on any atom is -0.497 e. The molecule has 3 heterocycles. The van der Waals surface area contributed by atoms with Gasteiger partial charge in [0.2, 0.25) is 0 Å². The molecule has 3 aliphatic rings. The molecule has 0 bridgehead atoms. The van der Waals surface area contributed by atoms with E-state index in [1.807, 2.05) is 64.4 Å². The van der Waals surface area contributed by atoms with Gasteiger partial charge in [0.25, 0.3) is 11.8 Å². The number of rotatable bonds is 3. The highest BCUT2D eigenvalue weighted by Gasteiger charge is 2.58. The Kier molecular flexibility index (Phi) is 4.74. The molecule has 2 aromatic carbocycles. The van der Waals surface area contributed by atoms with Gasteiger partial charge in [-0.3, -0.25) is 9.59 Å². The molecule has 30 heavy (non-hydrogen) atoms. The van der Waals surface area contributed by atoms with Crippen LogP contribution in [0.1, 0.15) is 47.6 Å². The number of amides is 2. The minimum atomic E-state index is -0.788. The minimum absolute atomic E-state index is 0.0208. The number of hydrogen-bond acceptors (Lipinski definition) is 4. The Bertz CT molecular complexity index is 935. The summed E-state index contributed by atoms with van der Waals surface area (Å²) >= 11 is 0. The smallest absolute Gasteiger partial charge is 0.257 e.